The van der Waals surface area contributed by atoms with E-state index in [4.69, 9.17) is 10.2 Å². The molecule has 0 saturated heterocycles. The predicted octanol–water partition coefficient (Wildman–Crippen LogP) is 0.322. The van der Waals surface area contributed by atoms with Gasteiger partial charge in [-0.2, -0.15) is 0 Å². The van der Waals surface area contributed by atoms with E-state index in [1.165, 1.54) is 0 Å². The van der Waals surface area contributed by atoms with Gasteiger partial charge in [0.2, 0.25) is 5.60 Å². The number of halogens is 2. The Morgan fingerprint density at radius 3 is 2.20 bits per heavy atom. The van der Waals surface area contributed by atoms with Crippen molar-refractivity contribution in [2.75, 3.05) is 0 Å². The van der Waals surface area contributed by atoms with Crippen LogP contribution in [-0.2, 0) is 9.59 Å². The third kappa shape index (κ3) is 1.67. The van der Waals surface area contributed by atoms with Crippen molar-refractivity contribution in [2.24, 2.45) is 5.92 Å². The molecule has 15 heavy (non-hydrogen) atoms. The summed E-state index contributed by atoms with van der Waals surface area (Å²) in [6.07, 6.45) is -1.79. The second-order valence-electron chi connectivity index (χ2n) is 3.62. The van der Waals surface area contributed by atoms with Gasteiger partial charge in [0.05, 0.1) is 6.42 Å². The molecule has 0 heterocycles. The Kier molecular flexibility index (Phi) is 2.69. The molecule has 0 spiro atoms. The third-order valence-electron chi connectivity index (χ3n) is 2.69. The maximum absolute atomic E-state index is 13.4. The Bertz CT molecular complexity index is 303. The van der Waals surface area contributed by atoms with E-state index in [0.717, 1.165) is 0 Å². The minimum absolute atomic E-state index is 0.317. The number of alkyl halides is 2. The molecule has 1 rings (SSSR count). The standard InChI is InChI=1S/C8H10F2O5/c9-8(10)4(3-5(11)12)1-2-7(8,15)6(13)14/h4,15H,1-3H2,(H,11,12)(H,13,14). The van der Waals surface area contributed by atoms with Crippen LogP contribution >= 0.6 is 0 Å². The summed E-state index contributed by atoms with van der Waals surface area (Å²) in [6, 6.07) is 0. The lowest BCUT2D eigenvalue weighted by Gasteiger charge is -2.28. The van der Waals surface area contributed by atoms with Crippen molar-refractivity contribution in [1.82, 2.24) is 0 Å². The molecule has 5 nitrogen and oxygen atoms in total. The summed E-state index contributed by atoms with van der Waals surface area (Å²) in [5.41, 5.74) is -3.13. The average Bonchev–Trinajstić information content (AvgIpc) is 2.29. The van der Waals surface area contributed by atoms with Crippen molar-refractivity contribution in [3.05, 3.63) is 0 Å². The molecule has 7 heteroatoms. The van der Waals surface area contributed by atoms with Gasteiger partial charge >= 0.3 is 11.9 Å². The van der Waals surface area contributed by atoms with E-state index in [9.17, 15) is 23.5 Å². The van der Waals surface area contributed by atoms with Crippen LogP contribution in [0.25, 0.3) is 0 Å². The number of hydrogen-bond acceptors (Lipinski definition) is 3. The summed E-state index contributed by atoms with van der Waals surface area (Å²) in [5.74, 6) is -8.98. The normalized spacial score (nSPS) is 33.9. The quantitative estimate of drug-likeness (QED) is 0.641. The van der Waals surface area contributed by atoms with Crippen LogP contribution in [0.5, 0.6) is 0 Å². The minimum Gasteiger partial charge on any atom is -0.481 e. The lowest BCUT2D eigenvalue weighted by molar-refractivity contribution is -0.206. The van der Waals surface area contributed by atoms with Crippen LogP contribution < -0.4 is 0 Å². The maximum Gasteiger partial charge on any atom is 0.342 e. The second kappa shape index (κ2) is 3.41. The van der Waals surface area contributed by atoms with Crippen molar-refractivity contribution in [3.8, 4) is 0 Å². The summed E-state index contributed by atoms with van der Waals surface area (Å²) in [6.45, 7) is 0. The van der Waals surface area contributed by atoms with Gasteiger partial charge in [-0.1, -0.05) is 0 Å². The highest BCUT2D eigenvalue weighted by Crippen LogP contribution is 2.49. The molecule has 0 radical (unpaired) electrons. The van der Waals surface area contributed by atoms with Crippen molar-refractivity contribution in [2.45, 2.75) is 30.8 Å². The summed E-state index contributed by atoms with van der Waals surface area (Å²) in [5, 5.41) is 26.1. The first kappa shape index (κ1) is 11.8. The van der Waals surface area contributed by atoms with Gasteiger partial charge in [-0.15, -0.1) is 0 Å². The molecule has 1 aliphatic rings. The van der Waals surface area contributed by atoms with Gasteiger partial charge in [-0.05, 0) is 12.8 Å². The highest BCUT2D eigenvalue weighted by atomic mass is 19.3. The summed E-state index contributed by atoms with van der Waals surface area (Å²) in [4.78, 5) is 20.8. The zero-order chi connectivity index (χ0) is 11.9. The number of carboxylic acids is 2. The second-order valence-corrected chi connectivity index (χ2v) is 3.62. The predicted molar refractivity (Wildman–Crippen MR) is 42.5 cm³/mol. The molecule has 2 unspecified atom stereocenters. The van der Waals surface area contributed by atoms with Gasteiger partial charge in [0.15, 0.2) is 0 Å². The van der Waals surface area contributed by atoms with Crippen LogP contribution in [0, 0.1) is 5.92 Å². The van der Waals surface area contributed by atoms with Crippen LogP contribution in [0.4, 0.5) is 8.78 Å². The van der Waals surface area contributed by atoms with Crippen LogP contribution in [0.3, 0.4) is 0 Å². The number of rotatable bonds is 3. The number of aliphatic carboxylic acids is 2. The molecule has 1 aliphatic carbocycles. The fourth-order valence-electron chi connectivity index (χ4n) is 1.76. The molecule has 0 bridgehead atoms. The van der Waals surface area contributed by atoms with Crippen molar-refractivity contribution < 1.29 is 33.7 Å². The minimum atomic E-state index is -3.91. The van der Waals surface area contributed by atoms with Crippen LogP contribution in [-0.4, -0.2) is 38.8 Å². The first-order chi connectivity index (χ1) is 6.72. The van der Waals surface area contributed by atoms with Gasteiger partial charge in [0.1, 0.15) is 0 Å². The lowest BCUT2D eigenvalue weighted by Crippen LogP contribution is -2.52. The number of aliphatic hydroxyl groups is 1. The Balaban J connectivity index is 2.93. The van der Waals surface area contributed by atoms with Gasteiger partial charge in [0.25, 0.3) is 5.92 Å². The van der Waals surface area contributed by atoms with Crippen LogP contribution in [0.1, 0.15) is 19.3 Å². The van der Waals surface area contributed by atoms with Gasteiger partial charge < -0.3 is 15.3 Å². The van der Waals surface area contributed by atoms with E-state index in [2.05, 4.69) is 0 Å². The molecule has 0 aromatic carbocycles. The Morgan fingerprint density at radius 1 is 1.33 bits per heavy atom. The Hall–Kier alpha value is -1.24. The highest BCUT2D eigenvalue weighted by molar-refractivity contribution is 5.79. The van der Waals surface area contributed by atoms with E-state index in [1.54, 1.807) is 0 Å². The highest BCUT2D eigenvalue weighted by Gasteiger charge is 2.67. The Labute approximate surface area is 83.3 Å². The fraction of sp³-hybridized carbons (Fsp3) is 0.750. The molecule has 0 aromatic rings. The molecule has 1 saturated carbocycles. The molecule has 0 amide bonds. The SMILES string of the molecule is O=C(O)CC1CCC(O)(C(=O)O)C1(F)F. The average molecular weight is 224 g/mol. The van der Waals surface area contributed by atoms with E-state index in [1.807, 2.05) is 0 Å². The molecular formula is C8H10F2O5. The lowest BCUT2D eigenvalue weighted by atomic mass is 9.93. The molecule has 86 valence electrons. The fourth-order valence-corrected chi connectivity index (χ4v) is 1.76. The summed E-state index contributed by atoms with van der Waals surface area (Å²) >= 11 is 0. The van der Waals surface area contributed by atoms with E-state index >= 15 is 0 Å². The smallest absolute Gasteiger partial charge is 0.342 e. The third-order valence-corrected chi connectivity index (χ3v) is 2.69. The van der Waals surface area contributed by atoms with Crippen LogP contribution in [0.2, 0.25) is 0 Å². The van der Waals surface area contributed by atoms with E-state index in [0.29, 0.717) is 0 Å². The summed E-state index contributed by atoms with van der Waals surface area (Å²) in [7, 11) is 0. The first-order valence-electron chi connectivity index (χ1n) is 4.27. The number of carbonyl (C=O) groups is 2. The van der Waals surface area contributed by atoms with E-state index in [-0.39, 0.29) is 6.42 Å². The summed E-state index contributed by atoms with van der Waals surface area (Å²) < 4.78 is 26.7. The van der Waals surface area contributed by atoms with Crippen molar-refractivity contribution in [3.63, 3.8) is 0 Å². The first-order valence-corrected chi connectivity index (χ1v) is 4.27. The molecule has 1 fully saturated rings. The monoisotopic (exact) mass is 224 g/mol. The molecule has 0 aliphatic heterocycles. The number of hydrogen-bond donors (Lipinski definition) is 3. The number of carboxylic acid groups (broad SMARTS) is 2. The van der Waals surface area contributed by atoms with Crippen LogP contribution in [0.15, 0.2) is 0 Å². The topological polar surface area (TPSA) is 94.8 Å². The van der Waals surface area contributed by atoms with E-state index < -0.39 is 42.2 Å². The molecular weight excluding hydrogens is 214 g/mol. The Morgan fingerprint density at radius 2 is 1.87 bits per heavy atom. The van der Waals surface area contributed by atoms with Crippen molar-refractivity contribution >= 4 is 11.9 Å². The van der Waals surface area contributed by atoms with Crippen molar-refractivity contribution in [1.29, 1.82) is 0 Å². The molecule has 3 N–H and O–H groups in total. The largest absolute Gasteiger partial charge is 0.481 e. The van der Waals surface area contributed by atoms with Gasteiger partial charge in [-0.3, -0.25) is 4.79 Å². The molecule has 2 atom stereocenters. The van der Waals surface area contributed by atoms with Gasteiger partial charge in [0, 0.05) is 5.92 Å². The maximum atomic E-state index is 13.4. The molecule has 0 aromatic heterocycles. The zero-order valence-electron chi connectivity index (χ0n) is 7.61. The zero-order valence-corrected chi connectivity index (χ0v) is 7.61. The van der Waals surface area contributed by atoms with Gasteiger partial charge in [-0.25, -0.2) is 13.6 Å².